The van der Waals surface area contributed by atoms with Gasteiger partial charge in [0.1, 0.15) is 0 Å². The second-order valence-corrected chi connectivity index (χ2v) is 8.55. The van der Waals surface area contributed by atoms with Crippen LogP contribution in [0.5, 0.6) is 0 Å². The van der Waals surface area contributed by atoms with Gasteiger partial charge in [-0.3, -0.25) is 4.79 Å². The molecular weight excluding hydrogens is 336 g/mol. The van der Waals surface area contributed by atoms with Gasteiger partial charge in [-0.15, -0.1) is 0 Å². The van der Waals surface area contributed by atoms with Gasteiger partial charge in [0.2, 0.25) is 15.9 Å². The van der Waals surface area contributed by atoms with Gasteiger partial charge in [-0.1, -0.05) is 54.6 Å². The van der Waals surface area contributed by atoms with Gasteiger partial charge >= 0.3 is 0 Å². The third-order valence-electron chi connectivity index (χ3n) is 4.75. The van der Waals surface area contributed by atoms with E-state index in [2.05, 4.69) is 0 Å². The van der Waals surface area contributed by atoms with E-state index in [0.717, 1.165) is 12.0 Å². The molecule has 1 saturated heterocycles. The first-order valence-corrected chi connectivity index (χ1v) is 10.2. The molecule has 3 rings (SSSR count). The molecule has 2 aliphatic rings. The lowest BCUT2D eigenvalue weighted by Gasteiger charge is -2.35. The van der Waals surface area contributed by atoms with Crippen molar-refractivity contribution in [2.24, 2.45) is 0 Å². The highest BCUT2D eigenvalue weighted by atomic mass is 32.2. The van der Waals surface area contributed by atoms with Crippen molar-refractivity contribution >= 4 is 15.9 Å². The topological polar surface area (TPSA) is 57.7 Å². The Balaban J connectivity index is 1.50. The van der Waals surface area contributed by atoms with Crippen LogP contribution in [0.15, 0.2) is 54.6 Å². The van der Waals surface area contributed by atoms with Crippen molar-refractivity contribution in [1.29, 1.82) is 0 Å². The second-order valence-electron chi connectivity index (χ2n) is 6.40. The van der Waals surface area contributed by atoms with E-state index in [9.17, 15) is 13.2 Å². The van der Waals surface area contributed by atoms with Crippen LogP contribution in [0.3, 0.4) is 0 Å². The van der Waals surface area contributed by atoms with E-state index in [1.807, 2.05) is 42.5 Å². The number of carbonyl (C=O) groups is 1. The maximum absolute atomic E-state index is 12.7. The van der Waals surface area contributed by atoms with Crippen molar-refractivity contribution in [2.75, 3.05) is 26.2 Å². The summed E-state index contributed by atoms with van der Waals surface area (Å²) in [5.41, 5.74) is 1.15. The molecule has 0 aromatic heterocycles. The molecule has 1 unspecified atom stereocenters. The number of rotatable bonds is 5. The Morgan fingerprint density at radius 2 is 1.76 bits per heavy atom. The zero-order chi connectivity index (χ0) is 17.7. The number of hydrogen-bond donors (Lipinski definition) is 0. The number of aryl methyl sites for hydroxylation is 1. The van der Waals surface area contributed by atoms with Crippen LogP contribution in [-0.2, 0) is 21.2 Å². The van der Waals surface area contributed by atoms with E-state index in [1.54, 1.807) is 17.1 Å². The van der Waals surface area contributed by atoms with E-state index in [-0.39, 0.29) is 5.91 Å². The lowest BCUT2D eigenvalue weighted by molar-refractivity contribution is -0.132. The average molecular weight is 360 g/mol. The molecule has 25 heavy (non-hydrogen) atoms. The molecule has 1 atom stereocenters. The molecular formula is C19H24N2O3S. The fraction of sp³-hybridized carbons (Fsp3) is 0.421. The summed E-state index contributed by atoms with van der Waals surface area (Å²) in [4.78, 5) is 14.2. The van der Waals surface area contributed by atoms with Crippen LogP contribution < -0.4 is 0 Å². The highest BCUT2D eigenvalue weighted by molar-refractivity contribution is 7.89. The van der Waals surface area contributed by atoms with Crippen LogP contribution in [0, 0.1) is 0 Å². The minimum absolute atomic E-state index is 0.0985. The number of sulfonamides is 1. The van der Waals surface area contributed by atoms with Crippen molar-refractivity contribution in [1.82, 2.24) is 9.21 Å². The summed E-state index contributed by atoms with van der Waals surface area (Å²) in [6, 6.07) is 9.94. The van der Waals surface area contributed by atoms with E-state index < -0.39 is 15.3 Å². The van der Waals surface area contributed by atoms with Crippen LogP contribution in [-0.4, -0.2) is 55.0 Å². The molecule has 0 radical (unpaired) electrons. The molecule has 1 amide bonds. The second kappa shape index (κ2) is 7.97. The molecule has 134 valence electrons. The molecule has 1 heterocycles. The molecule has 1 fully saturated rings. The van der Waals surface area contributed by atoms with Crippen LogP contribution in [0.1, 0.15) is 18.4 Å². The molecule has 6 heteroatoms. The van der Waals surface area contributed by atoms with Gasteiger partial charge in [-0.2, -0.15) is 4.31 Å². The SMILES string of the molecule is O=C(CCc1ccccc1)N1CCN(S(=O)(=O)C2C=CC=CC2)CC1. The first-order chi connectivity index (χ1) is 12.1. The van der Waals surface area contributed by atoms with Crippen LogP contribution in [0.25, 0.3) is 0 Å². The average Bonchev–Trinajstić information content (AvgIpc) is 2.68. The third kappa shape index (κ3) is 4.38. The summed E-state index contributed by atoms with van der Waals surface area (Å²) in [6.45, 7) is 1.71. The zero-order valence-electron chi connectivity index (χ0n) is 14.3. The lowest BCUT2D eigenvalue weighted by Crippen LogP contribution is -2.52. The first kappa shape index (κ1) is 17.9. The zero-order valence-corrected chi connectivity index (χ0v) is 15.1. The highest BCUT2D eigenvalue weighted by Gasteiger charge is 2.33. The number of amides is 1. The Bertz CT molecular complexity index is 748. The maximum atomic E-state index is 12.7. The Kier molecular flexibility index (Phi) is 5.71. The Labute approximate surface area is 149 Å². The molecule has 0 bridgehead atoms. The number of benzene rings is 1. The van der Waals surface area contributed by atoms with Crippen LogP contribution in [0.2, 0.25) is 0 Å². The highest BCUT2D eigenvalue weighted by Crippen LogP contribution is 2.19. The van der Waals surface area contributed by atoms with Crippen LogP contribution in [0.4, 0.5) is 0 Å². The van der Waals surface area contributed by atoms with E-state index in [1.165, 1.54) is 4.31 Å². The molecule has 1 aliphatic carbocycles. The third-order valence-corrected chi connectivity index (χ3v) is 6.95. The smallest absolute Gasteiger partial charge is 0.222 e. The monoisotopic (exact) mass is 360 g/mol. The van der Waals surface area contributed by atoms with Gasteiger partial charge in [0.05, 0.1) is 5.25 Å². The van der Waals surface area contributed by atoms with Crippen molar-refractivity contribution < 1.29 is 13.2 Å². The summed E-state index contributed by atoms with van der Waals surface area (Å²) in [5, 5.41) is -0.474. The summed E-state index contributed by atoms with van der Waals surface area (Å²) in [6.07, 6.45) is 8.99. The number of carbonyl (C=O) groups excluding carboxylic acids is 1. The van der Waals surface area contributed by atoms with Crippen molar-refractivity contribution in [2.45, 2.75) is 24.5 Å². The number of allylic oxidation sites excluding steroid dienone is 3. The quantitative estimate of drug-likeness (QED) is 0.807. The summed E-state index contributed by atoms with van der Waals surface area (Å²) in [5.74, 6) is 0.0985. The fourth-order valence-electron chi connectivity index (χ4n) is 3.22. The maximum Gasteiger partial charge on any atom is 0.222 e. The molecule has 0 N–H and O–H groups in total. The van der Waals surface area contributed by atoms with Gasteiger partial charge in [-0.05, 0) is 18.4 Å². The van der Waals surface area contributed by atoms with Gasteiger partial charge < -0.3 is 4.90 Å². The Morgan fingerprint density at radius 3 is 2.40 bits per heavy atom. The van der Waals surface area contributed by atoms with E-state index in [4.69, 9.17) is 0 Å². The number of nitrogens with zero attached hydrogens (tertiary/aromatic N) is 2. The predicted octanol–water partition coefficient (Wildman–Crippen LogP) is 1.98. The summed E-state index contributed by atoms with van der Waals surface area (Å²) < 4.78 is 26.9. The van der Waals surface area contributed by atoms with Crippen molar-refractivity contribution in [3.63, 3.8) is 0 Å². The largest absolute Gasteiger partial charge is 0.340 e. The summed E-state index contributed by atoms with van der Waals surface area (Å²) >= 11 is 0. The van der Waals surface area contributed by atoms with Crippen molar-refractivity contribution in [3.05, 3.63) is 60.2 Å². The predicted molar refractivity (Wildman–Crippen MR) is 98.5 cm³/mol. The van der Waals surface area contributed by atoms with Gasteiger partial charge in [-0.25, -0.2) is 8.42 Å². The lowest BCUT2D eigenvalue weighted by atomic mass is 10.1. The normalized spacial score (nSPS) is 21.4. The van der Waals surface area contributed by atoms with E-state index >= 15 is 0 Å². The van der Waals surface area contributed by atoms with Gasteiger partial charge in [0, 0.05) is 32.6 Å². The fourth-order valence-corrected chi connectivity index (χ4v) is 4.92. The summed E-state index contributed by atoms with van der Waals surface area (Å²) in [7, 11) is -3.33. The van der Waals surface area contributed by atoms with E-state index in [0.29, 0.717) is 39.0 Å². The molecule has 5 nitrogen and oxygen atoms in total. The van der Waals surface area contributed by atoms with Crippen LogP contribution >= 0.6 is 0 Å². The number of hydrogen-bond acceptors (Lipinski definition) is 3. The molecule has 1 aromatic rings. The standard InChI is InChI=1S/C19H24N2O3S/c22-19(12-11-17-7-3-1-4-8-17)20-13-15-21(16-14-20)25(23,24)18-9-5-2-6-10-18/h1-9,18H,10-16H2. The molecule has 0 saturated carbocycles. The number of piperazine rings is 1. The van der Waals surface area contributed by atoms with Gasteiger partial charge in [0.15, 0.2) is 0 Å². The first-order valence-electron chi connectivity index (χ1n) is 8.71. The minimum Gasteiger partial charge on any atom is -0.340 e. The minimum atomic E-state index is -3.33. The van der Waals surface area contributed by atoms with Gasteiger partial charge in [0.25, 0.3) is 0 Å². The molecule has 1 aliphatic heterocycles. The molecule has 0 spiro atoms. The van der Waals surface area contributed by atoms with Crippen molar-refractivity contribution in [3.8, 4) is 0 Å². The Morgan fingerprint density at radius 1 is 1.04 bits per heavy atom. The Hall–Kier alpha value is -1.92. The molecule has 1 aromatic carbocycles.